The number of nitrogens with one attached hydrogen (secondary N) is 1. The fourth-order valence-electron chi connectivity index (χ4n) is 3.79. The molecule has 0 spiro atoms. The SMILES string of the molecule is COc1cncc2cccc(S(=O)(=O)N3CC[C@@H]4NCC[C@@H]43)c12. The second-order valence-corrected chi connectivity index (χ2v) is 7.88. The van der Waals surface area contributed by atoms with Gasteiger partial charge in [0.05, 0.1) is 18.2 Å². The van der Waals surface area contributed by atoms with Crippen LogP contribution in [0.1, 0.15) is 12.8 Å². The Labute approximate surface area is 135 Å². The molecule has 6 nitrogen and oxygen atoms in total. The van der Waals surface area contributed by atoms with Crippen molar-refractivity contribution in [3.05, 3.63) is 30.6 Å². The molecular weight excluding hydrogens is 314 g/mol. The molecule has 1 aromatic heterocycles. The zero-order valence-electron chi connectivity index (χ0n) is 12.9. The highest BCUT2D eigenvalue weighted by Crippen LogP contribution is 2.36. The van der Waals surface area contributed by atoms with Gasteiger partial charge in [0.1, 0.15) is 5.75 Å². The maximum absolute atomic E-state index is 13.3. The quantitative estimate of drug-likeness (QED) is 0.918. The molecule has 1 N–H and O–H groups in total. The number of aromatic nitrogens is 1. The van der Waals surface area contributed by atoms with Crippen molar-refractivity contribution in [1.82, 2.24) is 14.6 Å². The van der Waals surface area contributed by atoms with Crippen molar-refractivity contribution in [3.8, 4) is 5.75 Å². The van der Waals surface area contributed by atoms with Crippen LogP contribution < -0.4 is 10.1 Å². The molecule has 0 bridgehead atoms. The maximum Gasteiger partial charge on any atom is 0.244 e. The van der Waals surface area contributed by atoms with Gasteiger partial charge < -0.3 is 10.1 Å². The Morgan fingerprint density at radius 2 is 2.17 bits per heavy atom. The zero-order chi connectivity index (χ0) is 16.0. The van der Waals surface area contributed by atoms with Crippen molar-refractivity contribution in [2.24, 2.45) is 0 Å². The van der Waals surface area contributed by atoms with E-state index in [1.165, 1.54) is 7.11 Å². The van der Waals surface area contributed by atoms with Crippen LogP contribution in [0.15, 0.2) is 35.5 Å². The van der Waals surface area contributed by atoms with Crippen molar-refractivity contribution >= 4 is 20.8 Å². The highest BCUT2D eigenvalue weighted by Gasteiger charge is 2.44. The molecule has 0 aliphatic carbocycles. The van der Waals surface area contributed by atoms with Crippen LogP contribution in [0, 0.1) is 0 Å². The van der Waals surface area contributed by atoms with E-state index in [-0.39, 0.29) is 12.1 Å². The van der Waals surface area contributed by atoms with E-state index in [4.69, 9.17) is 4.74 Å². The Hall–Kier alpha value is -1.70. The first-order chi connectivity index (χ1) is 11.1. The van der Waals surface area contributed by atoms with E-state index in [0.717, 1.165) is 24.8 Å². The second kappa shape index (κ2) is 5.43. The third-order valence-electron chi connectivity index (χ3n) is 4.86. The third kappa shape index (κ3) is 2.22. The van der Waals surface area contributed by atoms with Gasteiger partial charge >= 0.3 is 0 Å². The summed E-state index contributed by atoms with van der Waals surface area (Å²) >= 11 is 0. The fourth-order valence-corrected chi connectivity index (χ4v) is 5.72. The van der Waals surface area contributed by atoms with E-state index in [1.54, 1.807) is 28.8 Å². The van der Waals surface area contributed by atoms with Crippen LogP contribution in [-0.2, 0) is 10.0 Å². The zero-order valence-corrected chi connectivity index (χ0v) is 13.7. The molecule has 2 aliphatic heterocycles. The van der Waals surface area contributed by atoms with Crippen LogP contribution in [-0.4, -0.2) is 50.0 Å². The van der Waals surface area contributed by atoms with Crippen molar-refractivity contribution in [2.45, 2.75) is 29.8 Å². The molecule has 122 valence electrons. The maximum atomic E-state index is 13.3. The normalized spacial score (nSPS) is 24.9. The van der Waals surface area contributed by atoms with Crippen molar-refractivity contribution in [3.63, 3.8) is 0 Å². The average molecular weight is 333 g/mol. The van der Waals surface area contributed by atoms with Gasteiger partial charge in [-0.2, -0.15) is 4.31 Å². The van der Waals surface area contributed by atoms with E-state index in [1.807, 2.05) is 6.07 Å². The molecule has 0 amide bonds. The molecule has 0 saturated carbocycles. The Bertz CT molecular complexity index is 848. The molecule has 0 unspecified atom stereocenters. The summed E-state index contributed by atoms with van der Waals surface area (Å²) in [5.74, 6) is 0.488. The van der Waals surface area contributed by atoms with Crippen LogP contribution in [0.2, 0.25) is 0 Å². The molecule has 2 atom stereocenters. The number of pyridine rings is 1. The third-order valence-corrected chi connectivity index (χ3v) is 6.83. The van der Waals surface area contributed by atoms with Gasteiger partial charge in [-0.1, -0.05) is 12.1 Å². The number of methoxy groups -OCH3 is 1. The van der Waals surface area contributed by atoms with E-state index in [0.29, 0.717) is 22.6 Å². The Morgan fingerprint density at radius 3 is 3.00 bits per heavy atom. The van der Waals surface area contributed by atoms with Gasteiger partial charge in [0.15, 0.2) is 0 Å². The minimum absolute atomic E-state index is 0.0584. The van der Waals surface area contributed by atoms with Gasteiger partial charge in [-0.3, -0.25) is 4.98 Å². The lowest BCUT2D eigenvalue weighted by Crippen LogP contribution is -2.38. The highest BCUT2D eigenvalue weighted by molar-refractivity contribution is 7.89. The van der Waals surface area contributed by atoms with Crippen LogP contribution >= 0.6 is 0 Å². The van der Waals surface area contributed by atoms with Gasteiger partial charge in [0.2, 0.25) is 10.0 Å². The number of rotatable bonds is 3. The summed E-state index contributed by atoms with van der Waals surface area (Å²) in [7, 11) is -2.03. The minimum atomic E-state index is -3.57. The first-order valence-electron chi connectivity index (χ1n) is 7.79. The number of benzene rings is 1. The van der Waals surface area contributed by atoms with Gasteiger partial charge in [-0.15, -0.1) is 0 Å². The lowest BCUT2D eigenvalue weighted by molar-refractivity contribution is 0.386. The predicted molar refractivity (Wildman–Crippen MR) is 87.0 cm³/mol. The van der Waals surface area contributed by atoms with Crippen LogP contribution in [0.4, 0.5) is 0 Å². The largest absolute Gasteiger partial charge is 0.494 e. The summed E-state index contributed by atoms with van der Waals surface area (Å²) < 4.78 is 33.6. The van der Waals surface area contributed by atoms with E-state index in [9.17, 15) is 8.42 Å². The molecule has 1 aromatic carbocycles. The molecule has 7 heteroatoms. The Balaban J connectivity index is 1.88. The van der Waals surface area contributed by atoms with Gasteiger partial charge in [-0.05, 0) is 25.5 Å². The smallest absolute Gasteiger partial charge is 0.244 e. The second-order valence-electron chi connectivity index (χ2n) is 6.02. The highest BCUT2D eigenvalue weighted by atomic mass is 32.2. The average Bonchev–Trinajstić information content (AvgIpc) is 3.16. The van der Waals surface area contributed by atoms with Gasteiger partial charge in [0, 0.05) is 35.6 Å². The molecule has 4 rings (SSSR count). The van der Waals surface area contributed by atoms with Gasteiger partial charge in [-0.25, -0.2) is 8.42 Å². The van der Waals surface area contributed by atoms with E-state index in [2.05, 4.69) is 10.3 Å². The van der Waals surface area contributed by atoms with Crippen LogP contribution in [0.3, 0.4) is 0 Å². The van der Waals surface area contributed by atoms with E-state index < -0.39 is 10.0 Å². The van der Waals surface area contributed by atoms with Crippen molar-refractivity contribution in [1.29, 1.82) is 0 Å². The molecule has 3 heterocycles. The summed E-state index contributed by atoms with van der Waals surface area (Å²) in [6, 6.07) is 5.62. The number of fused-ring (bicyclic) bond motifs is 2. The van der Waals surface area contributed by atoms with E-state index >= 15 is 0 Å². The standard InChI is InChI=1S/C16H19N3O3S/c1-22-14-10-17-9-11-3-2-4-15(16(11)14)23(20,21)19-8-6-12-13(19)5-7-18-12/h2-4,9-10,12-13,18H,5-8H2,1H3/t12-,13-/m0/s1. The molecule has 2 aromatic rings. The summed E-state index contributed by atoms with van der Waals surface area (Å²) in [5.41, 5.74) is 0. The Kier molecular flexibility index (Phi) is 3.51. The molecule has 2 fully saturated rings. The number of nitrogens with zero attached hydrogens (tertiary/aromatic N) is 2. The summed E-state index contributed by atoms with van der Waals surface area (Å²) in [6.07, 6.45) is 4.97. The number of ether oxygens (including phenoxy) is 1. The lowest BCUT2D eigenvalue weighted by atomic mass is 10.1. The molecule has 2 aliphatic rings. The lowest BCUT2D eigenvalue weighted by Gasteiger charge is -2.23. The fraction of sp³-hybridized carbons (Fsp3) is 0.438. The van der Waals surface area contributed by atoms with Crippen LogP contribution in [0.25, 0.3) is 10.8 Å². The first-order valence-corrected chi connectivity index (χ1v) is 9.23. The summed E-state index contributed by atoms with van der Waals surface area (Å²) in [4.78, 5) is 4.42. The predicted octanol–water partition coefficient (Wildman–Crippen LogP) is 1.37. The summed E-state index contributed by atoms with van der Waals surface area (Å²) in [5, 5.41) is 4.77. The first kappa shape index (κ1) is 14.9. The molecule has 23 heavy (non-hydrogen) atoms. The molecule has 2 saturated heterocycles. The number of sulfonamides is 1. The number of hydrogen-bond acceptors (Lipinski definition) is 5. The molecular formula is C16H19N3O3S. The number of hydrogen-bond donors (Lipinski definition) is 1. The minimum Gasteiger partial charge on any atom is -0.494 e. The van der Waals surface area contributed by atoms with Crippen molar-refractivity contribution < 1.29 is 13.2 Å². The van der Waals surface area contributed by atoms with Crippen LogP contribution in [0.5, 0.6) is 5.75 Å². The monoisotopic (exact) mass is 333 g/mol. The van der Waals surface area contributed by atoms with Crippen molar-refractivity contribution in [2.75, 3.05) is 20.2 Å². The Morgan fingerprint density at radius 1 is 1.30 bits per heavy atom. The topological polar surface area (TPSA) is 71.5 Å². The van der Waals surface area contributed by atoms with Gasteiger partial charge in [0.25, 0.3) is 0 Å². The summed E-state index contributed by atoms with van der Waals surface area (Å²) in [6.45, 7) is 1.44. The molecule has 0 radical (unpaired) electrons.